The summed E-state index contributed by atoms with van der Waals surface area (Å²) in [7, 11) is 0. The van der Waals surface area contributed by atoms with Gasteiger partial charge in [-0.05, 0) is 55.1 Å². The lowest BCUT2D eigenvalue weighted by atomic mass is 9.97. The summed E-state index contributed by atoms with van der Waals surface area (Å²) in [5.41, 5.74) is 2.92. The van der Waals surface area contributed by atoms with E-state index in [1.54, 1.807) is 11.3 Å². The van der Waals surface area contributed by atoms with E-state index in [2.05, 4.69) is 27.3 Å². The quantitative estimate of drug-likeness (QED) is 0.560. The minimum absolute atomic E-state index is 0.0727. The Hall–Kier alpha value is -2.40. The molecule has 2 heterocycles. The molecule has 5 nitrogen and oxygen atoms in total. The van der Waals surface area contributed by atoms with Crippen LogP contribution in [0.5, 0.6) is 0 Å². The molecule has 1 atom stereocenters. The maximum absolute atomic E-state index is 12.3. The zero-order valence-corrected chi connectivity index (χ0v) is 18.3. The molecule has 154 valence electrons. The number of hydrogen-bond acceptors (Lipinski definition) is 6. The normalized spacial score (nSPS) is 17.0. The van der Waals surface area contributed by atoms with Gasteiger partial charge in [-0.2, -0.15) is 5.26 Å². The third-order valence-electron chi connectivity index (χ3n) is 5.28. The molecule has 2 aromatic carbocycles. The number of nitriles is 1. The molecule has 3 aromatic rings. The van der Waals surface area contributed by atoms with Crippen molar-refractivity contribution in [2.24, 2.45) is 5.92 Å². The highest BCUT2D eigenvalue weighted by molar-refractivity contribution is 8.01. The molecular weight excluding hydrogens is 412 g/mol. The highest BCUT2D eigenvalue weighted by Crippen LogP contribution is 2.29. The van der Waals surface area contributed by atoms with Crippen LogP contribution in [0.3, 0.4) is 0 Å². The van der Waals surface area contributed by atoms with Gasteiger partial charge in [0.15, 0.2) is 4.34 Å². The fourth-order valence-corrected chi connectivity index (χ4v) is 5.65. The summed E-state index contributed by atoms with van der Waals surface area (Å²) in [4.78, 5) is 19.3. The second-order valence-electron chi connectivity index (χ2n) is 7.59. The Labute approximate surface area is 185 Å². The lowest BCUT2D eigenvalue weighted by Crippen LogP contribution is -2.40. The molecule has 0 aliphatic carbocycles. The zero-order chi connectivity index (χ0) is 20.8. The van der Waals surface area contributed by atoms with Crippen LogP contribution >= 0.6 is 23.1 Å². The van der Waals surface area contributed by atoms with E-state index in [0.29, 0.717) is 17.2 Å². The number of likely N-dealkylation sites (tertiary alicyclic amines) is 1. The molecule has 4 rings (SSSR count). The van der Waals surface area contributed by atoms with Crippen molar-refractivity contribution in [3.63, 3.8) is 0 Å². The molecule has 1 aliphatic rings. The van der Waals surface area contributed by atoms with E-state index in [9.17, 15) is 4.79 Å². The molecule has 1 fully saturated rings. The molecule has 7 heteroatoms. The van der Waals surface area contributed by atoms with E-state index in [1.165, 1.54) is 17.3 Å². The number of fused-ring (bicyclic) bond motifs is 1. The maximum atomic E-state index is 12.3. The summed E-state index contributed by atoms with van der Waals surface area (Å²) in [6.07, 6.45) is 2.30. The van der Waals surface area contributed by atoms with Crippen molar-refractivity contribution in [3.8, 4) is 6.07 Å². The smallest absolute Gasteiger partial charge is 0.230 e. The predicted molar refractivity (Wildman–Crippen MR) is 123 cm³/mol. The van der Waals surface area contributed by atoms with Crippen molar-refractivity contribution in [3.05, 3.63) is 59.7 Å². The number of para-hydroxylation sites is 1. The number of thioether (sulfide) groups is 1. The Morgan fingerprint density at radius 2 is 2.10 bits per heavy atom. The van der Waals surface area contributed by atoms with Gasteiger partial charge in [0.1, 0.15) is 0 Å². The summed E-state index contributed by atoms with van der Waals surface area (Å²) in [5, 5.41) is 12.0. The first-order chi connectivity index (χ1) is 14.7. The Kier molecular flexibility index (Phi) is 7.00. The van der Waals surface area contributed by atoms with Crippen LogP contribution in [0.15, 0.2) is 52.9 Å². The molecule has 0 spiro atoms. The molecule has 1 amide bonds. The van der Waals surface area contributed by atoms with Crippen molar-refractivity contribution in [2.45, 2.75) is 23.7 Å². The van der Waals surface area contributed by atoms with Gasteiger partial charge in [0, 0.05) is 19.6 Å². The van der Waals surface area contributed by atoms with Crippen LogP contribution in [-0.2, 0) is 11.3 Å². The average molecular weight is 437 g/mol. The maximum Gasteiger partial charge on any atom is 0.230 e. The minimum atomic E-state index is 0.0727. The molecule has 30 heavy (non-hydrogen) atoms. The number of hydrogen-bond donors (Lipinski definition) is 1. The van der Waals surface area contributed by atoms with E-state index in [1.807, 2.05) is 42.5 Å². The van der Waals surface area contributed by atoms with Gasteiger partial charge in [-0.25, -0.2) is 4.98 Å². The van der Waals surface area contributed by atoms with Crippen molar-refractivity contribution in [2.75, 3.05) is 25.4 Å². The standard InChI is InChI=1S/C23H24N4OS2/c24-12-17-7-9-18(10-8-17)14-27-11-3-4-19(15-27)13-25-22(28)16-29-23-26-20-5-1-2-6-21(20)30-23/h1-2,5-10,19H,3-4,11,13-16H2,(H,25,28). The number of rotatable bonds is 7. The number of benzene rings is 2. The third kappa shape index (κ3) is 5.60. The monoisotopic (exact) mass is 436 g/mol. The fourth-order valence-electron chi connectivity index (χ4n) is 3.75. The van der Waals surface area contributed by atoms with Gasteiger partial charge in [0.25, 0.3) is 0 Å². The summed E-state index contributed by atoms with van der Waals surface area (Å²) < 4.78 is 2.10. The van der Waals surface area contributed by atoms with Crippen LogP contribution in [0, 0.1) is 17.2 Å². The van der Waals surface area contributed by atoms with Gasteiger partial charge < -0.3 is 5.32 Å². The number of aromatic nitrogens is 1. The van der Waals surface area contributed by atoms with Gasteiger partial charge >= 0.3 is 0 Å². The molecule has 0 radical (unpaired) electrons. The molecule has 1 unspecified atom stereocenters. The van der Waals surface area contributed by atoms with E-state index in [4.69, 9.17) is 5.26 Å². The van der Waals surface area contributed by atoms with E-state index in [-0.39, 0.29) is 5.91 Å². The van der Waals surface area contributed by atoms with Crippen LogP contribution in [0.2, 0.25) is 0 Å². The van der Waals surface area contributed by atoms with E-state index < -0.39 is 0 Å². The fraction of sp³-hybridized carbons (Fsp3) is 0.348. The third-order valence-corrected chi connectivity index (χ3v) is 7.46. The minimum Gasteiger partial charge on any atom is -0.355 e. The predicted octanol–water partition coefficient (Wildman–Crippen LogP) is 4.29. The molecule has 1 aliphatic heterocycles. The Balaban J connectivity index is 1.21. The first-order valence-corrected chi connectivity index (χ1v) is 12.0. The zero-order valence-electron chi connectivity index (χ0n) is 16.7. The Morgan fingerprint density at radius 1 is 1.27 bits per heavy atom. The number of carbonyl (C=O) groups excluding carboxylic acids is 1. The van der Waals surface area contributed by atoms with Gasteiger partial charge in [0.2, 0.25) is 5.91 Å². The average Bonchev–Trinajstić information content (AvgIpc) is 3.20. The van der Waals surface area contributed by atoms with Crippen molar-refractivity contribution >= 4 is 39.2 Å². The lowest BCUT2D eigenvalue weighted by Gasteiger charge is -2.32. The number of nitrogens with one attached hydrogen (secondary N) is 1. The van der Waals surface area contributed by atoms with Gasteiger partial charge in [0.05, 0.1) is 27.6 Å². The van der Waals surface area contributed by atoms with Crippen LogP contribution < -0.4 is 5.32 Å². The van der Waals surface area contributed by atoms with E-state index in [0.717, 1.165) is 53.6 Å². The van der Waals surface area contributed by atoms with Crippen LogP contribution in [0.1, 0.15) is 24.0 Å². The first-order valence-electron chi connectivity index (χ1n) is 10.2. The molecule has 1 saturated heterocycles. The molecular formula is C23H24N4OS2. The number of carbonyl (C=O) groups is 1. The SMILES string of the molecule is N#Cc1ccc(CN2CCCC(CNC(=O)CSc3nc4ccccc4s3)C2)cc1. The second-order valence-corrected chi connectivity index (χ2v) is 9.85. The summed E-state index contributed by atoms with van der Waals surface area (Å²) in [6, 6.07) is 18.0. The topological polar surface area (TPSA) is 69.0 Å². The van der Waals surface area contributed by atoms with Crippen LogP contribution in [0.4, 0.5) is 0 Å². The molecule has 0 bridgehead atoms. The van der Waals surface area contributed by atoms with Crippen LogP contribution in [-0.4, -0.2) is 41.2 Å². The van der Waals surface area contributed by atoms with E-state index >= 15 is 0 Å². The number of nitrogens with zero attached hydrogens (tertiary/aromatic N) is 3. The van der Waals surface area contributed by atoms with Crippen LogP contribution in [0.25, 0.3) is 10.2 Å². The van der Waals surface area contributed by atoms with Gasteiger partial charge in [-0.1, -0.05) is 36.0 Å². The summed E-state index contributed by atoms with van der Waals surface area (Å²) in [6.45, 7) is 3.69. The largest absolute Gasteiger partial charge is 0.355 e. The van der Waals surface area contributed by atoms with Crippen molar-refractivity contribution in [1.82, 2.24) is 15.2 Å². The highest BCUT2D eigenvalue weighted by Gasteiger charge is 2.20. The lowest BCUT2D eigenvalue weighted by molar-refractivity contribution is -0.118. The summed E-state index contributed by atoms with van der Waals surface area (Å²) >= 11 is 3.14. The Morgan fingerprint density at radius 3 is 2.90 bits per heavy atom. The van der Waals surface area contributed by atoms with Gasteiger partial charge in [-0.15, -0.1) is 11.3 Å². The second kappa shape index (κ2) is 10.1. The molecule has 1 aromatic heterocycles. The highest BCUT2D eigenvalue weighted by atomic mass is 32.2. The van der Waals surface area contributed by atoms with Gasteiger partial charge in [-0.3, -0.25) is 9.69 Å². The number of thiazole rings is 1. The first kappa shape index (κ1) is 20.9. The van der Waals surface area contributed by atoms with Crippen molar-refractivity contribution in [1.29, 1.82) is 5.26 Å². The molecule has 1 N–H and O–H groups in total. The summed E-state index contributed by atoms with van der Waals surface area (Å²) in [5.74, 6) is 0.957. The number of piperidine rings is 1. The Bertz CT molecular complexity index is 1010. The molecule has 0 saturated carbocycles. The number of amides is 1. The van der Waals surface area contributed by atoms with Crippen molar-refractivity contribution < 1.29 is 4.79 Å².